The van der Waals surface area contributed by atoms with Crippen LogP contribution in [0.4, 0.5) is 5.95 Å². The number of benzene rings is 2. The van der Waals surface area contributed by atoms with Crippen LogP contribution < -0.4 is 20.1 Å². The molecule has 1 aliphatic rings. The van der Waals surface area contributed by atoms with Crippen LogP contribution in [0.3, 0.4) is 0 Å². The van der Waals surface area contributed by atoms with Gasteiger partial charge in [0.2, 0.25) is 11.8 Å². The molecule has 2 aromatic heterocycles. The van der Waals surface area contributed by atoms with Crippen molar-refractivity contribution in [3.8, 4) is 11.6 Å². The highest BCUT2D eigenvalue weighted by Gasteiger charge is 2.54. The van der Waals surface area contributed by atoms with Crippen LogP contribution in [0, 0.1) is 5.41 Å². The quantitative estimate of drug-likeness (QED) is 0.135. The summed E-state index contributed by atoms with van der Waals surface area (Å²) in [5.74, 6) is -0.411. The van der Waals surface area contributed by atoms with E-state index in [4.69, 9.17) is 29.0 Å². The van der Waals surface area contributed by atoms with Crippen LogP contribution in [-0.4, -0.2) is 79.9 Å². The van der Waals surface area contributed by atoms with Gasteiger partial charge in [0.1, 0.15) is 29.6 Å². The number of nitrogens with two attached hydrogens (primary N) is 1. The Morgan fingerprint density at radius 1 is 1.22 bits per heavy atom. The molecule has 1 fully saturated rings. The maximum atomic E-state index is 14.3. The highest BCUT2D eigenvalue weighted by molar-refractivity contribution is 7.52. The number of rotatable bonds is 11. The van der Waals surface area contributed by atoms with Gasteiger partial charge in [-0.05, 0) is 30.7 Å². The molecule has 0 radical (unpaired) electrons. The van der Waals surface area contributed by atoms with Gasteiger partial charge >= 0.3 is 13.7 Å². The predicted octanol–water partition coefficient (Wildman–Crippen LogP) is 3.35. The summed E-state index contributed by atoms with van der Waals surface area (Å²) in [6.45, 7) is 8.20. The minimum Gasteiger partial charge on any atom is -0.479 e. The first-order chi connectivity index (χ1) is 21.6. The second-order valence-electron chi connectivity index (χ2n) is 12.5. The van der Waals surface area contributed by atoms with Crippen molar-refractivity contribution in [2.45, 2.75) is 64.7 Å². The number of aromatic nitrogens is 4. The monoisotopic (exact) mass is 658 g/mol. The van der Waals surface area contributed by atoms with Crippen LogP contribution in [-0.2, 0) is 23.4 Å². The number of carbonyl (C=O) groups excluding carboxylic acids is 1. The van der Waals surface area contributed by atoms with Crippen molar-refractivity contribution in [3.05, 3.63) is 48.8 Å². The highest BCUT2D eigenvalue weighted by atomic mass is 31.2. The van der Waals surface area contributed by atoms with Crippen molar-refractivity contribution in [1.82, 2.24) is 24.6 Å². The fourth-order valence-electron chi connectivity index (χ4n) is 4.97. The van der Waals surface area contributed by atoms with E-state index in [1.165, 1.54) is 31.9 Å². The number of nitrogens with zero attached hydrogens (tertiary/aromatic N) is 4. The number of aliphatic hydroxyl groups is 2. The number of ether oxygens (including phenoxy) is 3. The first-order valence-electron chi connectivity index (χ1n) is 14.6. The van der Waals surface area contributed by atoms with Gasteiger partial charge in [0.05, 0.1) is 26.7 Å². The van der Waals surface area contributed by atoms with E-state index in [1.54, 1.807) is 24.3 Å². The van der Waals surface area contributed by atoms with Gasteiger partial charge in [-0.3, -0.25) is 13.9 Å². The number of nitrogens with one attached hydrogen (secondary N) is 1. The molecule has 0 amide bonds. The molecule has 46 heavy (non-hydrogen) atoms. The van der Waals surface area contributed by atoms with Crippen molar-refractivity contribution in [1.29, 1.82) is 0 Å². The minimum absolute atomic E-state index is 0.100. The molecule has 2 aromatic carbocycles. The topological polar surface area (TPSA) is 202 Å². The summed E-state index contributed by atoms with van der Waals surface area (Å²) in [5.41, 5.74) is 4.11. The van der Waals surface area contributed by atoms with Crippen molar-refractivity contribution < 1.29 is 42.8 Å². The number of hydrogen-bond acceptors (Lipinski definition) is 13. The summed E-state index contributed by atoms with van der Waals surface area (Å²) in [5, 5.41) is 26.7. The number of hydrogen-bond donors (Lipinski definition) is 4. The third kappa shape index (κ3) is 6.94. The van der Waals surface area contributed by atoms with E-state index in [1.807, 2.05) is 39.0 Å². The average Bonchev–Trinajstić information content (AvgIpc) is 3.51. The standard InChI is InChI=1S/C30H39N6O9P/c1-17(26(38)42-15-29(2,3)4)35-46(40,45-20-13-9-11-18-10-7-8-12-19(18)20)43-14-21-23(37)30(5,39)27(44-21)36-16-32-22-24(36)33-28(31)34-25(22)41-6/h7-13,16-17,21,23,27,37,39H,14-15H2,1-6H3,(H,35,40)(H2,31,33,34)/t17-,21?,23-,27?,30-,46?/m1/s1. The zero-order valence-electron chi connectivity index (χ0n) is 26.4. The van der Waals surface area contributed by atoms with Gasteiger partial charge in [0, 0.05) is 5.39 Å². The van der Waals surface area contributed by atoms with Crippen molar-refractivity contribution >= 4 is 41.6 Å². The Balaban J connectivity index is 1.40. The molecule has 5 rings (SSSR count). The normalized spacial score (nSPS) is 23.7. The SMILES string of the molecule is COc1nc(N)nc2c1ncn2C1OC(COP(=O)(N[C@H](C)C(=O)OCC(C)(C)C)Oc2cccc3ccccc23)[C@@H](O)[C@@]1(C)O. The number of imidazole rings is 1. The molecule has 6 atom stereocenters. The smallest absolute Gasteiger partial charge is 0.459 e. The molecule has 16 heteroatoms. The lowest BCUT2D eigenvalue weighted by Crippen LogP contribution is -2.44. The van der Waals surface area contributed by atoms with Crippen LogP contribution in [0.2, 0.25) is 0 Å². The Morgan fingerprint density at radius 3 is 2.65 bits per heavy atom. The van der Waals surface area contributed by atoms with Crippen LogP contribution in [0.1, 0.15) is 40.8 Å². The fraction of sp³-hybridized carbons (Fsp3) is 0.467. The van der Waals surface area contributed by atoms with Gasteiger partial charge in [-0.25, -0.2) is 9.55 Å². The third-order valence-corrected chi connectivity index (χ3v) is 8.97. The van der Waals surface area contributed by atoms with E-state index in [-0.39, 0.29) is 40.8 Å². The number of aliphatic hydroxyl groups excluding tert-OH is 1. The lowest BCUT2D eigenvalue weighted by atomic mass is 9.96. The molecular formula is C30H39N6O9P. The molecule has 248 valence electrons. The molecular weight excluding hydrogens is 619 g/mol. The summed E-state index contributed by atoms with van der Waals surface area (Å²) in [7, 11) is -2.97. The molecule has 3 heterocycles. The number of esters is 1. The summed E-state index contributed by atoms with van der Waals surface area (Å²) >= 11 is 0. The Labute approximate surface area is 265 Å². The summed E-state index contributed by atoms with van der Waals surface area (Å²) in [4.78, 5) is 25.3. The van der Waals surface area contributed by atoms with E-state index < -0.39 is 50.4 Å². The summed E-state index contributed by atoms with van der Waals surface area (Å²) in [6, 6.07) is 11.4. The summed E-state index contributed by atoms with van der Waals surface area (Å²) in [6.07, 6.45) is -2.63. The maximum absolute atomic E-state index is 14.3. The molecule has 1 saturated heterocycles. The second-order valence-corrected chi connectivity index (χ2v) is 14.2. The van der Waals surface area contributed by atoms with Crippen LogP contribution in [0.15, 0.2) is 48.8 Å². The lowest BCUT2D eigenvalue weighted by Gasteiger charge is -2.27. The van der Waals surface area contributed by atoms with Crippen LogP contribution >= 0.6 is 7.75 Å². The molecule has 3 unspecified atom stereocenters. The van der Waals surface area contributed by atoms with E-state index in [2.05, 4.69) is 20.0 Å². The summed E-state index contributed by atoms with van der Waals surface area (Å²) < 4.78 is 44.2. The zero-order valence-corrected chi connectivity index (χ0v) is 27.3. The minimum atomic E-state index is -4.37. The van der Waals surface area contributed by atoms with Gasteiger partial charge < -0.3 is 34.7 Å². The highest BCUT2D eigenvalue weighted by Crippen LogP contribution is 2.48. The fourth-order valence-corrected chi connectivity index (χ4v) is 6.49. The van der Waals surface area contributed by atoms with Gasteiger partial charge in [0.15, 0.2) is 17.4 Å². The van der Waals surface area contributed by atoms with Crippen LogP contribution in [0.25, 0.3) is 21.9 Å². The maximum Gasteiger partial charge on any atom is 0.459 e. The van der Waals surface area contributed by atoms with Crippen LogP contribution in [0.5, 0.6) is 11.6 Å². The Bertz CT molecular complexity index is 1770. The first-order valence-corrected chi connectivity index (χ1v) is 16.1. The third-order valence-electron chi connectivity index (χ3n) is 7.34. The molecule has 0 spiro atoms. The van der Waals surface area contributed by atoms with E-state index in [0.29, 0.717) is 5.39 Å². The van der Waals surface area contributed by atoms with Crippen molar-refractivity contribution in [2.75, 3.05) is 26.1 Å². The van der Waals surface area contributed by atoms with Crippen molar-refractivity contribution in [2.24, 2.45) is 5.41 Å². The van der Waals surface area contributed by atoms with Gasteiger partial charge in [0.25, 0.3) is 0 Å². The predicted molar refractivity (Wildman–Crippen MR) is 168 cm³/mol. The lowest BCUT2D eigenvalue weighted by molar-refractivity contribution is -0.148. The first kappa shape index (κ1) is 33.5. The molecule has 0 saturated carbocycles. The number of methoxy groups -OCH3 is 1. The zero-order chi connectivity index (χ0) is 33.4. The molecule has 1 aliphatic heterocycles. The Morgan fingerprint density at radius 2 is 1.93 bits per heavy atom. The number of anilines is 1. The molecule has 0 aliphatic carbocycles. The molecule has 15 nitrogen and oxygen atoms in total. The average molecular weight is 659 g/mol. The second kappa shape index (κ2) is 12.7. The molecule has 4 aromatic rings. The number of carbonyl (C=O) groups is 1. The van der Waals surface area contributed by atoms with Gasteiger partial charge in [-0.1, -0.05) is 57.2 Å². The van der Waals surface area contributed by atoms with E-state index in [0.717, 1.165) is 5.39 Å². The largest absolute Gasteiger partial charge is 0.479 e. The van der Waals surface area contributed by atoms with Gasteiger partial charge in [-0.2, -0.15) is 15.1 Å². The van der Waals surface area contributed by atoms with E-state index in [9.17, 15) is 19.6 Å². The Kier molecular flexibility index (Phi) is 9.28. The van der Waals surface area contributed by atoms with Gasteiger partial charge in [-0.15, -0.1) is 0 Å². The number of nitrogen functional groups attached to an aromatic ring is 1. The molecule has 5 N–H and O–H groups in total. The number of fused-ring (bicyclic) bond motifs is 2. The Hall–Kier alpha value is -3.85. The van der Waals surface area contributed by atoms with Crippen molar-refractivity contribution in [3.63, 3.8) is 0 Å². The molecule has 0 bridgehead atoms. The van der Waals surface area contributed by atoms with E-state index >= 15 is 0 Å².